The molecule has 4 rings (SSSR count). The van der Waals surface area contributed by atoms with Crippen molar-refractivity contribution < 1.29 is 18.0 Å². The van der Waals surface area contributed by atoms with Gasteiger partial charge in [-0.05, 0) is 62.3 Å². The third-order valence-corrected chi connectivity index (χ3v) is 7.32. The Kier molecular flexibility index (Phi) is 4.94. The molecule has 146 valence electrons. The maximum absolute atomic E-state index is 12.8. The van der Waals surface area contributed by atoms with Crippen molar-refractivity contribution in [2.75, 3.05) is 24.5 Å². The Morgan fingerprint density at radius 1 is 1.11 bits per heavy atom. The van der Waals surface area contributed by atoms with E-state index in [2.05, 4.69) is 5.32 Å². The van der Waals surface area contributed by atoms with Crippen molar-refractivity contribution >= 4 is 27.5 Å². The van der Waals surface area contributed by atoms with Crippen molar-refractivity contribution in [3.8, 4) is 0 Å². The van der Waals surface area contributed by atoms with Crippen LogP contribution in [0.3, 0.4) is 0 Å². The van der Waals surface area contributed by atoms with Crippen LogP contribution in [-0.2, 0) is 26.0 Å². The van der Waals surface area contributed by atoms with Gasteiger partial charge < -0.3 is 10.2 Å². The molecule has 27 heavy (non-hydrogen) atoms. The average molecular weight is 391 g/mol. The van der Waals surface area contributed by atoms with Gasteiger partial charge in [-0.15, -0.1) is 0 Å². The van der Waals surface area contributed by atoms with Crippen LogP contribution >= 0.6 is 0 Å². The van der Waals surface area contributed by atoms with E-state index in [1.807, 2.05) is 0 Å². The number of fused-ring (bicyclic) bond motifs is 1. The number of anilines is 1. The van der Waals surface area contributed by atoms with Crippen molar-refractivity contribution in [2.45, 2.75) is 55.9 Å². The minimum absolute atomic E-state index is 0.0133. The van der Waals surface area contributed by atoms with Crippen LogP contribution in [0.5, 0.6) is 0 Å². The number of carbonyl (C=O) groups excluding carboxylic acids is 2. The van der Waals surface area contributed by atoms with E-state index in [0.29, 0.717) is 38.0 Å². The first kappa shape index (κ1) is 18.4. The fraction of sp³-hybridized carbons (Fsp3) is 0.579. The molecule has 2 aliphatic heterocycles. The van der Waals surface area contributed by atoms with Crippen LogP contribution in [0.1, 0.15) is 44.1 Å². The van der Waals surface area contributed by atoms with Crippen LogP contribution in [0.4, 0.5) is 5.69 Å². The Balaban J connectivity index is 1.61. The third-order valence-electron chi connectivity index (χ3n) is 5.43. The number of sulfonamides is 1. The number of hydrogen-bond donors (Lipinski definition) is 1. The predicted octanol–water partition coefficient (Wildman–Crippen LogP) is 1.42. The summed E-state index contributed by atoms with van der Waals surface area (Å²) in [5.74, 6) is -0.248. The van der Waals surface area contributed by atoms with E-state index in [1.165, 1.54) is 9.21 Å². The van der Waals surface area contributed by atoms with E-state index in [9.17, 15) is 18.0 Å². The Morgan fingerprint density at radius 2 is 1.85 bits per heavy atom. The second-order valence-electron chi connectivity index (χ2n) is 7.58. The average Bonchev–Trinajstić information content (AvgIpc) is 3.30. The fourth-order valence-corrected chi connectivity index (χ4v) is 5.35. The fourth-order valence-electron chi connectivity index (χ4n) is 3.78. The molecule has 1 aromatic rings. The molecule has 1 aromatic carbocycles. The molecule has 0 bridgehead atoms. The van der Waals surface area contributed by atoms with Gasteiger partial charge in [0, 0.05) is 31.2 Å². The molecule has 2 heterocycles. The number of carbonyl (C=O) groups is 2. The molecule has 1 saturated heterocycles. The van der Waals surface area contributed by atoms with Crippen LogP contribution in [0.15, 0.2) is 23.1 Å². The van der Waals surface area contributed by atoms with Crippen molar-refractivity contribution in [2.24, 2.45) is 0 Å². The first-order chi connectivity index (χ1) is 12.9. The van der Waals surface area contributed by atoms with E-state index in [0.717, 1.165) is 31.2 Å². The Labute approximate surface area is 159 Å². The normalized spacial score (nSPS) is 21.0. The topological polar surface area (TPSA) is 86.8 Å². The summed E-state index contributed by atoms with van der Waals surface area (Å²) in [5, 5.41) is 2.91. The first-order valence-corrected chi connectivity index (χ1v) is 11.1. The molecule has 2 amide bonds. The lowest BCUT2D eigenvalue weighted by molar-refractivity contribution is -0.123. The van der Waals surface area contributed by atoms with Crippen LogP contribution < -0.4 is 10.2 Å². The quantitative estimate of drug-likeness (QED) is 0.822. The second-order valence-corrected chi connectivity index (χ2v) is 9.51. The van der Waals surface area contributed by atoms with E-state index in [-0.39, 0.29) is 29.3 Å². The van der Waals surface area contributed by atoms with Gasteiger partial charge in [-0.3, -0.25) is 9.59 Å². The smallest absolute Gasteiger partial charge is 0.243 e. The van der Waals surface area contributed by atoms with Gasteiger partial charge in [-0.1, -0.05) is 0 Å². The largest absolute Gasteiger partial charge is 0.352 e. The molecule has 3 aliphatic rings. The summed E-state index contributed by atoms with van der Waals surface area (Å²) in [7, 11) is -3.50. The maximum atomic E-state index is 12.8. The summed E-state index contributed by atoms with van der Waals surface area (Å²) in [6.45, 7) is 1.11. The molecule has 0 aromatic heterocycles. The molecule has 0 unspecified atom stereocenters. The van der Waals surface area contributed by atoms with Crippen molar-refractivity contribution in [3.63, 3.8) is 0 Å². The number of nitrogens with one attached hydrogen (secondary N) is 1. The summed E-state index contributed by atoms with van der Waals surface area (Å²) < 4.78 is 27.2. The minimum Gasteiger partial charge on any atom is -0.352 e. The van der Waals surface area contributed by atoms with E-state index in [4.69, 9.17) is 0 Å². The molecule has 0 radical (unpaired) electrons. The molecular formula is C19H25N3O4S. The number of aryl methyl sites for hydroxylation is 1. The SMILES string of the molecule is O=C(CN1C(=O)CCCc2cc(S(=O)(=O)N3CCCC3)ccc21)NC1CC1. The zero-order chi connectivity index (χ0) is 19.0. The van der Waals surface area contributed by atoms with Crippen LogP contribution in [0.2, 0.25) is 0 Å². The van der Waals surface area contributed by atoms with Crippen LogP contribution in [-0.4, -0.2) is 50.2 Å². The molecule has 2 fully saturated rings. The summed E-state index contributed by atoms with van der Waals surface area (Å²) >= 11 is 0. The zero-order valence-corrected chi connectivity index (χ0v) is 16.1. The summed E-state index contributed by atoms with van der Waals surface area (Å²) in [5.41, 5.74) is 1.48. The van der Waals surface area contributed by atoms with Crippen molar-refractivity contribution in [3.05, 3.63) is 23.8 Å². The highest BCUT2D eigenvalue weighted by Crippen LogP contribution is 2.31. The summed E-state index contributed by atoms with van der Waals surface area (Å²) in [6, 6.07) is 5.18. The predicted molar refractivity (Wildman–Crippen MR) is 101 cm³/mol. The molecule has 8 heteroatoms. The number of amides is 2. The molecule has 1 aliphatic carbocycles. The Hall–Kier alpha value is -1.93. The van der Waals surface area contributed by atoms with Gasteiger partial charge in [0.05, 0.1) is 4.90 Å². The number of hydrogen-bond acceptors (Lipinski definition) is 4. The standard InChI is InChI=1S/C19H25N3O4S/c23-18(20-15-6-7-15)13-22-17-9-8-16(12-14(17)4-3-5-19(22)24)27(25,26)21-10-1-2-11-21/h8-9,12,15H,1-7,10-11,13H2,(H,20,23). The van der Waals surface area contributed by atoms with E-state index < -0.39 is 10.0 Å². The molecular weight excluding hydrogens is 366 g/mol. The lowest BCUT2D eigenvalue weighted by Crippen LogP contribution is -2.41. The molecule has 0 spiro atoms. The highest BCUT2D eigenvalue weighted by molar-refractivity contribution is 7.89. The zero-order valence-electron chi connectivity index (χ0n) is 15.3. The van der Waals surface area contributed by atoms with Gasteiger partial charge in [0.15, 0.2) is 0 Å². The van der Waals surface area contributed by atoms with Crippen molar-refractivity contribution in [1.82, 2.24) is 9.62 Å². The molecule has 1 N–H and O–H groups in total. The summed E-state index contributed by atoms with van der Waals surface area (Å²) in [4.78, 5) is 26.5. The van der Waals surface area contributed by atoms with Gasteiger partial charge >= 0.3 is 0 Å². The number of rotatable bonds is 5. The lowest BCUT2D eigenvalue weighted by Gasteiger charge is -2.23. The first-order valence-electron chi connectivity index (χ1n) is 9.68. The Bertz CT molecular complexity index is 858. The molecule has 7 nitrogen and oxygen atoms in total. The summed E-state index contributed by atoms with van der Waals surface area (Å²) in [6.07, 6.45) is 5.41. The highest BCUT2D eigenvalue weighted by Gasteiger charge is 2.31. The van der Waals surface area contributed by atoms with Crippen LogP contribution in [0.25, 0.3) is 0 Å². The second kappa shape index (κ2) is 7.24. The van der Waals surface area contributed by atoms with E-state index in [1.54, 1.807) is 18.2 Å². The van der Waals surface area contributed by atoms with Gasteiger partial charge in [0.2, 0.25) is 21.8 Å². The molecule has 0 atom stereocenters. The van der Waals surface area contributed by atoms with Gasteiger partial charge in [-0.2, -0.15) is 4.31 Å². The van der Waals surface area contributed by atoms with Crippen LogP contribution in [0, 0.1) is 0 Å². The van der Waals surface area contributed by atoms with E-state index >= 15 is 0 Å². The minimum atomic E-state index is -3.50. The van der Waals surface area contributed by atoms with Gasteiger partial charge in [0.1, 0.15) is 6.54 Å². The highest BCUT2D eigenvalue weighted by atomic mass is 32.2. The van der Waals surface area contributed by atoms with Crippen molar-refractivity contribution in [1.29, 1.82) is 0 Å². The maximum Gasteiger partial charge on any atom is 0.243 e. The number of benzene rings is 1. The monoisotopic (exact) mass is 391 g/mol. The lowest BCUT2D eigenvalue weighted by atomic mass is 10.1. The third kappa shape index (κ3) is 3.87. The molecule has 1 saturated carbocycles. The number of nitrogens with zero attached hydrogens (tertiary/aromatic N) is 2. The van der Waals surface area contributed by atoms with Gasteiger partial charge in [0.25, 0.3) is 0 Å². The Morgan fingerprint density at radius 3 is 2.56 bits per heavy atom. The van der Waals surface area contributed by atoms with Gasteiger partial charge in [-0.25, -0.2) is 8.42 Å².